The number of carbonyl (C=O) groups is 3. The lowest BCUT2D eigenvalue weighted by Gasteiger charge is -2.18. The molecule has 0 saturated carbocycles. The van der Waals surface area contributed by atoms with E-state index in [0.717, 1.165) is 10.5 Å². The van der Waals surface area contributed by atoms with Gasteiger partial charge in [-0.1, -0.05) is 72.3 Å². The number of hydrogen-bond acceptors (Lipinski definition) is 6. The molecule has 0 saturated heterocycles. The maximum Gasteiger partial charge on any atom is 0.272 e. The molecule has 3 amide bonds. The third-order valence-corrected chi connectivity index (χ3v) is 8.55. The Balaban J connectivity index is 1.35. The predicted molar refractivity (Wildman–Crippen MR) is 192 cm³/mol. The molecule has 0 radical (unpaired) electrons. The van der Waals surface area contributed by atoms with Gasteiger partial charge in [-0.3, -0.25) is 14.4 Å². The Kier molecular flexibility index (Phi) is 11.5. The fourth-order valence-corrected chi connectivity index (χ4v) is 5.89. The van der Waals surface area contributed by atoms with Gasteiger partial charge in [0.25, 0.3) is 11.8 Å². The van der Waals surface area contributed by atoms with Gasteiger partial charge in [-0.25, -0.2) is 0 Å². The van der Waals surface area contributed by atoms with Crippen molar-refractivity contribution in [1.29, 1.82) is 0 Å². The van der Waals surface area contributed by atoms with E-state index in [1.165, 1.54) is 26.0 Å². The van der Waals surface area contributed by atoms with Crippen LogP contribution in [-0.4, -0.2) is 31.9 Å². The summed E-state index contributed by atoms with van der Waals surface area (Å²) in [4.78, 5) is 40.9. The number of hydrogen-bond donors (Lipinski definition) is 3. The van der Waals surface area contributed by atoms with E-state index >= 15 is 0 Å². The monoisotopic (exact) mass is 677 g/mol. The molecule has 0 aliphatic carbocycles. The van der Waals surface area contributed by atoms with Gasteiger partial charge in [0.1, 0.15) is 10.9 Å². The van der Waals surface area contributed by atoms with Crippen LogP contribution in [0.25, 0.3) is 6.08 Å². The zero-order valence-electron chi connectivity index (χ0n) is 26.1. The third-order valence-electron chi connectivity index (χ3n) is 7.05. The molecule has 0 heterocycles. The van der Waals surface area contributed by atoms with Gasteiger partial charge < -0.3 is 25.4 Å². The van der Waals surface area contributed by atoms with Crippen LogP contribution in [0.3, 0.4) is 0 Å². The molecule has 5 rings (SSSR count). The Morgan fingerprint density at radius 1 is 0.708 bits per heavy atom. The predicted octanol–water partition coefficient (Wildman–Crippen LogP) is 8.24. The van der Waals surface area contributed by atoms with Crippen LogP contribution in [0.1, 0.15) is 26.7 Å². The van der Waals surface area contributed by atoms with Crippen LogP contribution < -0.4 is 25.4 Å². The van der Waals surface area contributed by atoms with E-state index in [9.17, 15) is 14.4 Å². The number of thioether (sulfide) groups is 1. The summed E-state index contributed by atoms with van der Waals surface area (Å²) in [6.07, 6.45) is 1.56. The molecule has 1 atom stereocenters. The van der Waals surface area contributed by atoms with Crippen molar-refractivity contribution < 1.29 is 23.9 Å². The summed E-state index contributed by atoms with van der Waals surface area (Å²) in [6, 6.07) is 37.4. The first kappa shape index (κ1) is 33.8. The topological polar surface area (TPSA) is 106 Å². The molecule has 8 nitrogen and oxygen atoms in total. The minimum atomic E-state index is -0.560. The molecule has 242 valence electrons. The van der Waals surface area contributed by atoms with E-state index in [1.54, 1.807) is 91.0 Å². The first-order valence-electron chi connectivity index (χ1n) is 14.8. The molecular formula is C38H32ClN3O5S. The van der Waals surface area contributed by atoms with Gasteiger partial charge in [-0.2, -0.15) is 0 Å². The van der Waals surface area contributed by atoms with E-state index < -0.39 is 17.1 Å². The molecule has 3 N–H and O–H groups in total. The number of carbonyl (C=O) groups excluding carboxylic acids is 3. The summed E-state index contributed by atoms with van der Waals surface area (Å²) >= 11 is 7.49. The normalized spacial score (nSPS) is 11.6. The van der Waals surface area contributed by atoms with Crippen LogP contribution in [0.4, 0.5) is 11.4 Å². The van der Waals surface area contributed by atoms with Crippen molar-refractivity contribution in [2.24, 2.45) is 0 Å². The summed E-state index contributed by atoms with van der Waals surface area (Å²) in [5.74, 6) is -0.165. The van der Waals surface area contributed by atoms with Crippen LogP contribution in [0, 0.1) is 0 Å². The van der Waals surface area contributed by atoms with Crippen molar-refractivity contribution in [3.63, 3.8) is 0 Å². The summed E-state index contributed by atoms with van der Waals surface area (Å²) in [7, 11) is 3.06. The van der Waals surface area contributed by atoms with Gasteiger partial charge >= 0.3 is 0 Å². The van der Waals surface area contributed by atoms with Crippen molar-refractivity contribution in [2.75, 3.05) is 24.9 Å². The molecular weight excluding hydrogens is 646 g/mol. The fraction of sp³-hybridized carbons (Fsp3) is 0.0789. The van der Waals surface area contributed by atoms with Gasteiger partial charge in [0, 0.05) is 26.9 Å². The largest absolute Gasteiger partial charge is 0.493 e. The maximum absolute atomic E-state index is 13.6. The van der Waals surface area contributed by atoms with Crippen molar-refractivity contribution in [1.82, 2.24) is 5.32 Å². The number of amides is 3. The highest BCUT2D eigenvalue weighted by atomic mass is 35.5. The highest BCUT2D eigenvalue weighted by Gasteiger charge is 2.23. The second-order valence-corrected chi connectivity index (χ2v) is 12.0. The SMILES string of the molecule is COc1ccc(/C=C(\NC(=O)c2ccccc2)C(=O)Nc2ccc(SC(C(=O)Nc3cccc(Cl)c3)c3ccccc3)cc2)cc1OC. The summed E-state index contributed by atoms with van der Waals surface area (Å²) in [6.45, 7) is 0. The van der Waals surface area contributed by atoms with E-state index in [-0.39, 0.29) is 11.6 Å². The maximum atomic E-state index is 13.6. The molecule has 48 heavy (non-hydrogen) atoms. The summed E-state index contributed by atoms with van der Waals surface area (Å²) < 4.78 is 10.7. The molecule has 0 aromatic heterocycles. The molecule has 1 unspecified atom stereocenters. The van der Waals surface area contributed by atoms with E-state index in [2.05, 4.69) is 16.0 Å². The smallest absolute Gasteiger partial charge is 0.272 e. The lowest BCUT2D eigenvalue weighted by molar-refractivity contribution is -0.116. The number of nitrogens with one attached hydrogen (secondary N) is 3. The Morgan fingerprint density at radius 2 is 1.40 bits per heavy atom. The zero-order chi connectivity index (χ0) is 33.9. The fourth-order valence-electron chi connectivity index (χ4n) is 4.68. The van der Waals surface area contributed by atoms with Crippen LogP contribution in [0.5, 0.6) is 11.5 Å². The standard InChI is InChI=1S/C38H32ClN3O5S/c1-46-33-21-16-25(23-34(33)47-2)22-32(42-36(43)27-12-7-4-8-13-27)37(44)40-29-17-19-31(20-18-29)48-35(26-10-5-3-6-11-26)38(45)41-30-15-9-14-28(39)24-30/h3-24,35H,1-2H3,(H,40,44)(H,41,45)(H,42,43)/b32-22-. The molecule has 5 aromatic carbocycles. The highest BCUT2D eigenvalue weighted by Crippen LogP contribution is 2.37. The van der Waals surface area contributed by atoms with Crippen molar-refractivity contribution in [3.8, 4) is 11.5 Å². The Bertz CT molecular complexity index is 1920. The minimum absolute atomic E-state index is 0.0244. The van der Waals surface area contributed by atoms with Crippen LogP contribution in [0.15, 0.2) is 138 Å². The first-order chi connectivity index (χ1) is 23.3. The number of halogens is 1. The lowest BCUT2D eigenvalue weighted by Crippen LogP contribution is -2.30. The molecule has 0 fully saturated rings. The molecule has 0 bridgehead atoms. The number of methoxy groups -OCH3 is 2. The van der Waals surface area contributed by atoms with Crippen LogP contribution in [-0.2, 0) is 9.59 Å². The van der Waals surface area contributed by atoms with Crippen LogP contribution >= 0.6 is 23.4 Å². The summed E-state index contributed by atoms with van der Waals surface area (Å²) in [5.41, 5.74) is 2.97. The van der Waals surface area contributed by atoms with Crippen molar-refractivity contribution in [3.05, 3.63) is 155 Å². The average molecular weight is 678 g/mol. The van der Waals surface area contributed by atoms with Crippen molar-refractivity contribution >= 4 is 58.5 Å². The lowest BCUT2D eigenvalue weighted by atomic mass is 10.1. The third kappa shape index (κ3) is 9.06. The van der Waals surface area contributed by atoms with Gasteiger partial charge in [-0.15, -0.1) is 11.8 Å². The molecule has 10 heteroatoms. The Labute approximate surface area is 288 Å². The first-order valence-corrected chi connectivity index (χ1v) is 16.1. The van der Waals surface area contributed by atoms with Gasteiger partial charge in [0.15, 0.2) is 11.5 Å². The van der Waals surface area contributed by atoms with E-state index in [0.29, 0.717) is 39.0 Å². The number of ether oxygens (including phenoxy) is 2. The minimum Gasteiger partial charge on any atom is -0.493 e. The zero-order valence-corrected chi connectivity index (χ0v) is 27.7. The van der Waals surface area contributed by atoms with Gasteiger partial charge in [0.2, 0.25) is 5.91 Å². The number of benzene rings is 5. The quantitative estimate of drug-likeness (QED) is 0.0908. The van der Waals surface area contributed by atoms with Gasteiger partial charge in [-0.05, 0) is 83.9 Å². The van der Waals surface area contributed by atoms with E-state index in [4.69, 9.17) is 21.1 Å². The second-order valence-electron chi connectivity index (χ2n) is 10.4. The number of anilines is 2. The molecule has 0 spiro atoms. The molecule has 0 aliphatic rings. The molecule has 0 aliphatic heterocycles. The van der Waals surface area contributed by atoms with E-state index in [1.807, 2.05) is 42.5 Å². The second kappa shape index (κ2) is 16.4. The Hall–Kier alpha value is -5.51. The Morgan fingerprint density at radius 3 is 2.06 bits per heavy atom. The highest BCUT2D eigenvalue weighted by molar-refractivity contribution is 8.00. The summed E-state index contributed by atoms with van der Waals surface area (Å²) in [5, 5.41) is 8.52. The average Bonchev–Trinajstić information content (AvgIpc) is 3.11. The number of rotatable bonds is 12. The van der Waals surface area contributed by atoms with Crippen LogP contribution in [0.2, 0.25) is 5.02 Å². The molecule has 5 aromatic rings. The van der Waals surface area contributed by atoms with Gasteiger partial charge in [0.05, 0.1) is 14.2 Å². The van der Waals surface area contributed by atoms with Crippen molar-refractivity contribution in [2.45, 2.75) is 10.1 Å².